The summed E-state index contributed by atoms with van der Waals surface area (Å²) in [6.45, 7) is 14.6. The lowest BCUT2D eigenvalue weighted by Gasteiger charge is -2.29. The summed E-state index contributed by atoms with van der Waals surface area (Å²) >= 11 is 0. The topological polar surface area (TPSA) is 72.8 Å². The number of hydrogen-bond donors (Lipinski definition) is 1. The molecule has 0 saturated heterocycles. The van der Waals surface area contributed by atoms with E-state index in [2.05, 4.69) is 63.4 Å². The Hall–Kier alpha value is -3.18. The van der Waals surface area contributed by atoms with E-state index in [-0.39, 0.29) is 24.7 Å². The van der Waals surface area contributed by atoms with Crippen molar-refractivity contribution in [2.24, 2.45) is 5.92 Å². The van der Waals surface area contributed by atoms with Crippen LogP contribution in [0.25, 0.3) is 11.1 Å². The lowest BCUT2D eigenvalue weighted by Crippen LogP contribution is -2.22. The number of aryl methyl sites for hydroxylation is 1. The number of rotatable bonds is 14. The third kappa shape index (κ3) is 9.43. The molecule has 0 bridgehead atoms. The van der Waals surface area contributed by atoms with Crippen molar-refractivity contribution in [2.75, 3.05) is 13.2 Å². The van der Waals surface area contributed by atoms with Crippen molar-refractivity contribution in [1.82, 2.24) is 0 Å². The third-order valence-electron chi connectivity index (χ3n) is 8.42. The van der Waals surface area contributed by atoms with E-state index in [9.17, 15) is 14.7 Å². The van der Waals surface area contributed by atoms with E-state index < -0.39 is 18.0 Å². The summed E-state index contributed by atoms with van der Waals surface area (Å²) < 4.78 is 10.8. The molecule has 5 heteroatoms. The van der Waals surface area contributed by atoms with E-state index >= 15 is 0 Å². The molecule has 222 valence electrons. The molecule has 3 rings (SSSR count). The fourth-order valence-electron chi connectivity index (χ4n) is 5.65. The maximum Gasteiger partial charge on any atom is 0.336 e. The van der Waals surface area contributed by atoms with Crippen LogP contribution >= 0.6 is 0 Å². The van der Waals surface area contributed by atoms with E-state index in [1.54, 1.807) is 6.92 Å². The Morgan fingerprint density at radius 2 is 1.59 bits per heavy atom. The van der Waals surface area contributed by atoms with Crippen molar-refractivity contribution in [3.05, 3.63) is 83.5 Å². The van der Waals surface area contributed by atoms with Gasteiger partial charge in [0.2, 0.25) is 0 Å². The van der Waals surface area contributed by atoms with Crippen molar-refractivity contribution in [3.8, 4) is 11.1 Å². The molecule has 2 atom stereocenters. The van der Waals surface area contributed by atoms with Gasteiger partial charge in [0.15, 0.2) is 0 Å². The molecule has 1 saturated carbocycles. The second-order valence-corrected chi connectivity index (χ2v) is 11.8. The highest BCUT2D eigenvalue weighted by molar-refractivity contribution is 5.88. The molecule has 5 nitrogen and oxygen atoms in total. The zero-order chi connectivity index (χ0) is 29.9. The Morgan fingerprint density at radius 1 is 0.951 bits per heavy atom. The number of ether oxygens (including phenoxy) is 2. The molecule has 1 fully saturated rings. The van der Waals surface area contributed by atoms with Gasteiger partial charge < -0.3 is 14.6 Å². The molecule has 0 aliphatic heterocycles. The van der Waals surface area contributed by atoms with Crippen LogP contribution in [0.3, 0.4) is 0 Å². The van der Waals surface area contributed by atoms with Crippen LogP contribution in [0.5, 0.6) is 0 Å². The van der Waals surface area contributed by atoms with E-state index in [0.29, 0.717) is 11.5 Å². The molecule has 2 unspecified atom stereocenters. The molecular formula is C36H48O5. The number of esters is 2. The van der Waals surface area contributed by atoms with Crippen molar-refractivity contribution >= 4 is 11.9 Å². The van der Waals surface area contributed by atoms with Crippen molar-refractivity contribution in [3.63, 3.8) is 0 Å². The van der Waals surface area contributed by atoms with Crippen molar-refractivity contribution in [2.45, 2.75) is 97.0 Å². The number of carbonyl (C=O) groups is 2. The number of aliphatic hydroxyl groups is 1. The molecule has 1 aliphatic carbocycles. The zero-order valence-corrected chi connectivity index (χ0v) is 25.4. The zero-order valence-electron chi connectivity index (χ0n) is 25.4. The van der Waals surface area contributed by atoms with E-state index in [1.807, 2.05) is 6.07 Å². The first-order valence-electron chi connectivity index (χ1n) is 15.2. The molecule has 1 N–H and O–H groups in total. The van der Waals surface area contributed by atoms with Crippen LogP contribution in [-0.4, -0.2) is 36.4 Å². The average Bonchev–Trinajstić information content (AvgIpc) is 2.97. The van der Waals surface area contributed by atoms with Gasteiger partial charge in [0.05, 0.1) is 17.6 Å². The largest absolute Gasteiger partial charge is 0.462 e. The van der Waals surface area contributed by atoms with Gasteiger partial charge in [0.1, 0.15) is 13.2 Å². The van der Waals surface area contributed by atoms with Gasteiger partial charge in [-0.2, -0.15) is 0 Å². The summed E-state index contributed by atoms with van der Waals surface area (Å²) in [6.07, 6.45) is 9.70. The first kappa shape index (κ1) is 32.3. The maximum atomic E-state index is 12.3. The lowest BCUT2D eigenvalue weighted by molar-refractivity contribution is -0.143. The van der Waals surface area contributed by atoms with Crippen LogP contribution in [0.4, 0.5) is 0 Å². The summed E-state index contributed by atoms with van der Waals surface area (Å²) in [6, 6.07) is 15.1. The Bertz CT molecular complexity index is 1180. The van der Waals surface area contributed by atoms with Gasteiger partial charge >= 0.3 is 11.9 Å². The molecule has 41 heavy (non-hydrogen) atoms. The Labute approximate surface area is 246 Å². The fraction of sp³-hybridized carbons (Fsp3) is 0.500. The van der Waals surface area contributed by atoms with Gasteiger partial charge in [-0.25, -0.2) is 9.59 Å². The van der Waals surface area contributed by atoms with Crippen molar-refractivity contribution in [1.29, 1.82) is 0 Å². The Morgan fingerprint density at radius 3 is 2.15 bits per heavy atom. The minimum Gasteiger partial charge on any atom is -0.462 e. The number of aliphatic hydroxyl groups excluding tert-OH is 1. The van der Waals surface area contributed by atoms with Gasteiger partial charge in [-0.05, 0) is 86.1 Å². The van der Waals surface area contributed by atoms with Gasteiger partial charge in [-0.15, -0.1) is 0 Å². The molecule has 2 aromatic rings. The molecule has 2 aromatic carbocycles. The van der Waals surface area contributed by atoms with Crippen molar-refractivity contribution < 1.29 is 24.2 Å². The quantitative estimate of drug-likeness (QED) is 0.143. The molecule has 0 radical (unpaired) electrons. The maximum absolute atomic E-state index is 12.3. The van der Waals surface area contributed by atoms with Crippen LogP contribution < -0.4 is 0 Å². The Balaban J connectivity index is 1.69. The minimum absolute atomic E-state index is 0.0115. The molecular weight excluding hydrogens is 512 g/mol. The van der Waals surface area contributed by atoms with E-state index in [1.165, 1.54) is 63.9 Å². The van der Waals surface area contributed by atoms with Crippen LogP contribution in [0, 0.1) is 12.8 Å². The predicted molar refractivity (Wildman–Crippen MR) is 166 cm³/mol. The second-order valence-electron chi connectivity index (χ2n) is 11.8. The highest BCUT2D eigenvalue weighted by Gasteiger charge is 2.23. The van der Waals surface area contributed by atoms with Gasteiger partial charge in [0.25, 0.3) is 0 Å². The Kier molecular flexibility index (Phi) is 12.4. The first-order chi connectivity index (χ1) is 19.6. The standard InChI is InChI=1S/C36H48O5/c1-7-8-9-10-28-11-13-29(14-12-28)30-15-17-31(18-16-30)34-20-19-32(21-25(34)4)33(22-40-35(38)24(2)3)23-41-36(39)26(5)27(6)37/h15-21,27-29,33,37H,2,5,7-14,22-23H2,1,3-4,6H3. The highest BCUT2D eigenvalue weighted by Crippen LogP contribution is 2.38. The summed E-state index contributed by atoms with van der Waals surface area (Å²) in [5, 5.41) is 9.64. The summed E-state index contributed by atoms with van der Waals surface area (Å²) in [5.74, 6) is 0.0243. The number of benzene rings is 2. The molecule has 0 aromatic heterocycles. The monoisotopic (exact) mass is 560 g/mol. The summed E-state index contributed by atoms with van der Waals surface area (Å²) in [5.41, 5.74) is 6.00. The average molecular weight is 561 g/mol. The minimum atomic E-state index is -0.999. The van der Waals surface area contributed by atoms with Crippen LogP contribution in [-0.2, 0) is 19.1 Å². The fourth-order valence-corrected chi connectivity index (χ4v) is 5.65. The second kappa shape index (κ2) is 15.7. The third-order valence-corrected chi connectivity index (χ3v) is 8.42. The molecule has 0 heterocycles. The molecule has 0 amide bonds. The van der Waals surface area contributed by atoms with Crippen LogP contribution in [0.2, 0.25) is 0 Å². The smallest absolute Gasteiger partial charge is 0.336 e. The van der Waals surface area contributed by atoms with Gasteiger partial charge in [-0.1, -0.05) is 88.2 Å². The van der Waals surface area contributed by atoms with Gasteiger partial charge in [-0.3, -0.25) is 0 Å². The first-order valence-corrected chi connectivity index (χ1v) is 15.2. The highest BCUT2D eigenvalue weighted by atomic mass is 16.5. The molecule has 0 spiro atoms. The predicted octanol–water partition coefficient (Wildman–Crippen LogP) is 8.20. The van der Waals surface area contributed by atoms with Crippen LogP contribution in [0.15, 0.2) is 66.8 Å². The number of unbranched alkanes of at least 4 members (excludes halogenated alkanes) is 2. The summed E-state index contributed by atoms with van der Waals surface area (Å²) in [4.78, 5) is 24.3. The number of hydrogen-bond acceptors (Lipinski definition) is 5. The number of carbonyl (C=O) groups excluding carboxylic acids is 2. The van der Waals surface area contributed by atoms with Gasteiger partial charge in [0, 0.05) is 5.57 Å². The normalized spacial score (nSPS) is 18.3. The van der Waals surface area contributed by atoms with E-state index in [4.69, 9.17) is 9.47 Å². The molecule has 1 aliphatic rings. The SMILES string of the molecule is C=C(C)C(=O)OCC(COC(=O)C(=C)C(C)O)c1ccc(-c2ccc(C3CCC(CCCCC)CC3)cc2)c(C)c1. The van der Waals surface area contributed by atoms with E-state index in [0.717, 1.165) is 28.2 Å². The summed E-state index contributed by atoms with van der Waals surface area (Å²) in [7, 11) is 0. The van der Waals surface area contributed by atoms with Crippen LogP contribution in [0.1, 0.15) is 101 Å². The lowest BCUT2D eigenvalue weighted by atomic mass is 9.77.